The van der Waals surface area contributed by atoms with Gasteiger partial charge < -0.3 is 24.7 Å². The van der Waals surface area contributed by atoms with E-state index < -0.39 is 6.17 Å². The zero-order valence-electron chi connectivity index (χ0n) is 17.6. The highest BCUT2D eigenvalue weighted by atomic mass is 16.5. The van der Waals surface area contributed by atoms with Gasteiger partial charge in [-0.3, -0.25) is 9.88 Å². The summed E-state index contributed by atoms with van der Waals surface area (Å²) < 4.78 is 25.1. The number of methoxy groups -OCH3 is 1. The number of aliphatic imine (C=N–C) groups is 1. The minimum atomic E-state index is -0.416. The standard InChI is InChI=1S/C22H25N5O4/c1-3-7-29-17-10-13(5-6-16(17)28-2)20-25-21(23)26-22-24-14-11-18-19(12-15(14)27(20)22)31-9-4-8-30-18/h5-6,10-12,20H,3-4,7-9H2,1-2H3,(H3,23,24,25,26)/t20-/m1/s1. The molecule has 0 aliphatic carbocycles. The lowest BCUT2D eigenvalue weighted by atomic mass is 10.1. The number of benzene rings is 2. The Labute approximate surface area is 179 Å². The van der Waals surface area contributed by atoms with Crippen LogP contribution < -0.4 is 30.0 Å². The molecule has 0 saturated heterocycles. The molecule has 2 aromatic carbocycles. The van der Waals surface area contributed by atoms with Crippen molar-refractivity contribution in [2.75, 3.05) is 32.2 Å². The van der Waals surface area contributed by atoms with Crippen LogP contribution in [-0.4, -0.2) is 42.4 Å². The van der Waals surface area contributed by atoms with Crippen LogP contribution in [0.2, 0.25) is 0 Å². The van der Waals surface area contributed by atoms with Crippen molar-refractivity contribution >= 4 is 22.9 Å². The Morgan fingerprint density at radius 3 is 2.74 bits per heavy atom. The lowest BCUT2D eigenvalue weighted by molar-refractivity contribution is 0.293. The Morgan fingerprint density at radius 1 is 1.16 bits per heavy atom. The molecular weight excluding hydrogens is 398 g/mol. The van der Waals surface area contributed by atoms with Gasteiger partial charge in [0, 0.05) is 24.1 Å². The fraction of sp³-hybridized carbons (Fsp3) is 0.364. The normalized spacial score (nSPS) is 17.4. The number of ether oxygens (including phenoxy) is 4. The molecule has 0 bridgehead atoms. The third-order valence-electron chi connectivity index (χ3n) is 5.25. The molecule has 0 spiro atoms. The largest absolute Gasteiger partial charge is 0.493 e. The van der Waals surface area contributed by atoms with E-state index in [-0.39, 0.29) is 0 Å². The van der Waals surface area contributed by atoms with Crippen molar-refractivity contribution in [1.82, 2.24) is 9.55 Å². The molecule has 3 heterocycles. The zero-order chi connectivity index (χ0) is 21.4. The highest BCUT2D eigenvalue weighted by molar-refractivity contribution is 5.95. The van der Waals surface area contributed by atoms with Crippen molar-refractivity contribution in [3.05, 3.63) is 35.9 Å². The van der Waals surface area contributed by atoms with Gasteiger partial charge in [0.15, 0.2) is 35.1 Å². The van der Waals surface area contributed by atoms with E-state index in [9.17, 15) is 0 Å². The van der Waals surface area contributed by atoms with Gasteiger partial charge in [0.1, 0.15) is 0 Å². The predicted octanol–water partition coefficient (Wildman–Crippen LogP) is 3.28. The zero-order valence-corrected chi connectivity index (χ0v) is 17.6. The van der Waals surface area contributed by atoms with Crippen molar-refractivity contribution in [2.45, 2.75) is 25.9 Å². The first-order valence-corrected chi connectivity index (χ1v) is 10.4. The van der Waals surface area contributed by atoms with Crippen LogP contribution in [0.25, 0.3) is 11.0 Å². The summed E-state index contributed by atoms with van der Waals surface area (Å²) in [5.74, 6) is 3.66. The third-order valence-corrected chi connectivity index (χ3v) is 5.25. The Balaban J connectivity index is 1.63. The van der Waals surface area contributed by atoms with E-state index in [1.807, 2.05) is 34.9 Å². The number of nitrogens with two attached hydrogens (primary N) is 1. The highest BCUT2D eigenvalue weighted by Crippen LogP contribution is 2.40. The van der Waals surface area contributed by atoms with Crippen molar-refractivity contribution in [3.63, 3.8) is 0 Å². The molecule has 0 fully saturated rings. The molecule has 9 heteroatoms. The second kappa shape index (κ2) is 7.90. The monoisotopic (exact) mass is 423 g/mol. The number of nitrogens with one attached hydrogen (secondary N) is 1. The summed E-state index contributed by atoms with van der Waals surface area (Å²) in [6, 6.07) is 9.65. The van der Waals surface area contributed by atoms with Crippen LogP contribution in [0.3, 0.4) is 0 Å². The number of fused-ring (bicyclic) bond motifs is 4. The first kappa shape index (κ1) is 19.3. The van der Waals surface area contributed by atoms with Crippen LogP contribution in [0.15, 0.2) is 35.3 Å². The Bertz CT molecular complexity index is 1160. The predicted molar refractivity (Wildman–Crippen MR) is 118 cm³/mol. The summed E-state index contributed by atoms with van der Waals surface area (Å²) >= 11 is 0. The molecule has 3 N–H and O–H groups in total. The third kappa shape index (κ3) is 3.45. The maximum Gasteiger partial charge on any atom is 0.212 e. The van der Waals surface area contributed by atoms with Gasteiger partial charge in [-0.15, -0.1) is 0 Å². The van der Waals surface area contributed by atoms with Gasteiger partial charge in [-0.25, -0.2) is 9.98 Å². The number of aromatic nitrogens is 2. The molecule has 2 aliphatic heterocycles. The van der Waals surface area contributed by atoms with E-state index in [2.05, 4.69) is 17.2 Å². The number of imidazole rings is 1. The molecular formula is C22H25N5O4. The Kier molecular flexibility index (Phi) is 4.93. The van der Waals surface area contributed by atoms with Gasteiger partial charge in [-0.2, -0.15) is 0 Å². The van der Waals surface area contributed by atoms with Crippen LogP contribution in [0.1, 0.15) is 31.5 Å². The van der Waals surface area contributed by atoms with Gasteiger partial charge in [0.2, 0.25) is 5.95 Å². The Morgan fingerprint density at radius 2 is 1.97 bits per heavy atom. The first-order chi connectivity index (χ1) is 15.2. The van der Waals surface area contributed by atoms with Crippen LogP contribution in [0, 0.1) is 0 Å². The molecule has 162 valence electrons. The fourth-order valence-electron chi connectivity index (χ4n) is 3.83. The summed E-state index contributed by atoms with van der Waals surface area (Å²) in [7, 11) is 1.63. The van der Waals surface area contributed by atoms with Crippen LogP contribution in [-0.2, 0) is 0 Å². The molecule has 5 rings (SSSR count). The molecule has 9 nitrogen and oxygen atoms in total. The minimum absolute atomic E-state index is 0.300. The van der Waals surface area contributed by atoms with E-state index in [1.165, 1.54) is 0 Å². The van der Waals surface area contributed by atoms with Gasteiger partial charge in [0.25, 0.3) is 0 Å². The van der Waals surface area contributed by atoms with E-state index in [0.717, 1.165) is 29.4 Å². The van der Waals surface area contributed by atoms with Crippen LogP contribution >= 0.6 is 0 Å². The highest BCUT2D eigenvalue weighted by Gasteiger charge is 2.27. The number of nitrogens with zero attached hydrogens (tertiary/aromatic N) is 3. The van der Waals surface area contributed by atoms with Gasteiger partial charge >= 0.3 is 0 Å². The summed E-state index contributed by atoms with van der Waals surface area (Å²) in [6.07, 6.45) is 1.32. The van der Waals surface area contributed by atoms with Crippen LogP contribution in [0.4, 0.5) is 5.95 Å². The first-order valence-electron chi connectivity index (χ1n) is 10.4. The minimum Gasteiger partial charge on any atom is -0.493 e. The molecule has 0 saturated carbocycles. The van der Waals surface area contributed by atoms with Gasteiger partial charge in [0.05, 0.1) is 38.0 Å². The van der Waals surface area contributed by atoms with Crippen molar-refractivity contribution in [3.8, 4) is 23.0 Å². The summed E-state index contributed by atoms with van der Waals surface area (Å²) in [4.78, 5) is 9.38. The topological polar surface area (TPSA) is 105 Å². The lowest BCUT2D eigenvalue weighted by Gasteiger charge is -2.24. The van der Waals surface area contributed by atoms with Gasteiger partial charge in [-0.1, -0.05) is 13.0 Å². The van der Waals surface area contributed by atoms with E-state index >= 15 is 0 Å². The lowest BCUT2D eigenvalue weighted by Crippen LogP contribution is -2.31. The van der Waals surface area contributed by atoms with Crippen LogP contribution in [0.5, 0.6) is 23.0 Å². The fourth-order valence-corrected chi connectivity index (χ4v) is 3.83. The maximum absolute atomic E-state index is 6.10. The van der Waals surface area contributed by atoms with Crippen molar-refractivity contribution in [1.29, 1.82) is 0 Å². The maximum atomic E-state index is 6.10. The Hall–Kier alpha value is -3.62. The van der Waals surface area contributed by atoms with E-state index in [4.69, 9.17) is 29.7 Å². The number of anilines is 1. The van der Waals surface area contributed by atoms with Crippen molar-refractivity contribution in [2.24, 2.45) is 10.7 Å². The molecule has 0 radical (unpaired) electrons. The molecule has 0 unspecified atom stereocenters. The molecule has 1 atom stereocenters. The summed E-state index contributed by atoms with van der Waals surface area (Å²) in [6.45, 7) is 3.89. The molecule has 2 aliphatic rings. The number of hydrogen-bond donors (Lipinski definition) is 2. The number of guanidine groups is 1. The van der Waals surface area contributed by atoms with E-state index in [0.29, 0.717) is 54.7 Å². The molecule has 3 aromatic rings. The average molecular weight is 423 g/mol. The second-order valence-electron chi connectivity index (χ2n) is 7.42. The quantitative estimate of drug-likeness (QED) is 0.649. The molecule has 1 aromatic heterocycles. The average Bonchev–Trinajstić information content (AvgIpc) is 2.96. The molecule has 0 amide bonds. The number of rotatable bonds is 5. The van der Waals surface area contributed by atoms with Crippen molar-refractivity contribution < 1.29 is 18.9 Å². The molecule has 31 heavy (non-hydrogen) atoms. The van der Waals surface area contributed by atoms with E-state index in [1.54, 1.807) is 7.11 Å². The van der Waals surface area contributed by atoms with Gasteiger partial charge in [-0.05, 0) is 18.6 Å². The summed E-state index contributed by atoms with van der Waals surface area (Å²) in [5.41, 5.74) is 8.65. The summed E-state index contributed by atoms with van der Waals surface area (Å²) in [5, 5.41) is 3.07. The SMILES string of the molecule is CCCOc1cc([C@@H]2N=C(N)Nc3nc4cc5c(cc4n32)OCCCO5)ccc1OC. The number of hydrogen-bond acceptors (Lipinski definition) is 8. The second-order valence-corrected chi connectivity index (χ2v) is 7.42. The smallest absolute Gasteiger partial charge is 0.212 e.